The summed E-state index contributed by atoms with van der Waals surface area (Å²) in [6, 6.07) is 13.5. The largest absolute Gasteiger partial charge is 0.493 e. The number of rotatable bonds is 11. The van der Waals surface area contributed by atoms with Crippen LogP contribution in [0.4, 0.5) is 17.1 Å². The highest BCUT2D eigenvalue weighted by atomic mass is 16.5. The summed E-state index contributed by atoms with van der Waals surface area (Å²) in [5.74, 6) is 0.908. The maximum atomic E-state index is 13.4. The number of hydrogen-bond donors (Lipinski definition) is 4. The second-order valence-electron chi connectivity index (χ2n) is 10.4. The van der Waals surface area contributed by atoms with Crippen LogP contribution >= 0.6 is 0 Å². The zero-order chi connectivity index (χ0) is 31.8. The number of benzene rings is 2. The first-order chi connectivity index (χ1) is 21.1. The Hall–Kier alpha value is -5.06. The van der Waals surface area contributed by atoms with Crippen molar-refractivity contribution in [1.82, 2.24) is 5.32 Å². The third kappa shape index (κ3) is 7.47. The summed E-state index contributed by atoms with van der Waals surface area (Å²) in [5, 5.41) is 11.7. The predicted octanol–water partition coefficient (Wildman–Crippen LogP) is 4.65. The monoisotopic (exact) mass is 602 g/mol. The lowest BCUT2D eigenvalue weighted by molar-refractivity contribution is -0.120. The standard InChI is InChI=1S/C33H38N4O7/c1-19(38)35-22-9-11-23(12-10-22)37-30(41)7-6-16-34-27-15-13-24-25(18-28(27)40)26(36-20(2)39)14-8-21-17-29(42-3)32(43-4)33(44-5)31(21)24/h9-13,15,17-18,26H,6-8,14,16H2,1-5H3,(H,34,40)(H,35,38)(H,36,39)(H,37,41)/t26-/m1/s1. The van der Waals surface area contributed by atoms with Crippen LogP contribution in [0.5, 0.6) is 17.2 Å². The molecule has 3 aromatic rings. The predicted molar refractivity (Wildman–Crippen MR) is 170 cm³/mol. The van der Waals surface area contributed by atoms with Crippen molar-refractivity contribution < 1.29 is 28.6 Å². The zero-order valence-corrected chi connectivity index (χ0v) is 25.6. The van der Waals surface area contributed by atoms with Gasteiger partial charge in [0.2, 0.25) is 28.9 Å². The molecule has 0 saturated heterocycles. The second-order valence-corrected chi connectivity index (χ2v) is 10.4. The molecule has 0 bridgehead atoms. The highest BCUT2D eigenvalue weighted by Gasteiger charge is 2.29. The van der Waals surface area contributed by atoms with E-state index >= 15 is 0 Å². The molecular weight excluding hydrogens is 564 g/mol. The molecular formula is C33H38N4O7. The molecule has 0 radical (unpaired) electrons. The molecule has 0 aliphatic heterocycles. The number of methoxy groups -OCH3 is 3. The number of fused-ring (bicyclic) bond motifs is 3. The van der Waals surface area contributed by atoms with Gasteiger partial charge >= 0.3 is 0 Å². The first-order valence-corrected chi connectivity index (χ1v) is 14.3. The third-order valence-electron chi connectivity index (χ3n) is 7.30. The molecule has 232 valence electrons. The lowest BCUT2D eigenvalue weighted by Gasteiger charge is -2.19. The molecule has 0 aromatic heterocycles. The minimum atomic E-state index is -0.402. The van der Waals surface area contributed by atoms with Gasteiger partial charge in [-0.2, -0.15) is 0 Å². The molecule has 0 heterocycles. The fraction of sp³-hybridized carbons (Fsp3) is 0.333. The first-order valence-electron chi connectivity index (χ1n) is 14.3. The zero-order valence-electron chi connectivity index (χ0n) is 25.6. The molecule has 0 unspecified atom stereocenters. The van der Waals surface area contributed by atoms with Crippen LogP contribution in [0.2, 0.25) is 0 Å². The Balaban J connectivity index is 1.55. The van der Waals surface area contributed by atoms with Crippen molar-refractivity contribution in [2.75, 3.05) is 43.8 Å². The highest BCUT2D eigenvalue weighted by Crippen LogP contribution is 2.50. The van der Waals surface area contributed by atoms with Crippen molar-refractivity contribution in [3.05, 3.63) is 69.9 Å². The summed E-state index contributed by atoms with van der Waals surface area (Å²) < 4.78 is 17.0. The summed E-state index contributed by atoms with van der Waals surface area (Å²) in [5.41, 5.74) is 4.52. The van der Waals surface area contributed by atoms with E-state index in [1.54, 1.807) is 50.6 Å². The molecule has 1 aliphatic carbocycles. The molecule has 1 aliphatic rings. The van der Waals surface area contributed by atoms with Crippen LogP contribution in [0.25, 0.3) is 11.1 Å². The molecule has 0 fully saturated rings. The van der Waals surface area contributed by atoms with E-state index in [0.717, 1.165) is 16.7 Å². The first kappa shape index (κ1) is 31.9. The molecule has 4 N–H and O–H groups in total. The van der Waals surface area contributed by atoms with E-state index in [1.807, 2.05) is 12.1 Å². The smallest absolute Gasteiger partial charge is 0.224 e. The number of carbonyl (C=O) groups excluding carboxylic acids is 3. The number of hydrogen-bond acceptors (Lipinski definition) is 8. The van der Waals surface area contributed by atoms with E-state index in [0.29, 0.717) is 65.7 Å². The van der Waals surface area contributed by atoms with Crippen molar-refractivity contribution in [3.8, 4) is 28.4 Å². The summed E-state index contributed by atoms with van der Waals surface area (Å²) in [6.45, 7) is 3.27. The minimum Gasteiger partial charge on any atom is -0.493 e. The molecule has 3 aromatic carbocycles. The number of amides is 3. The van der Waals surface area contributed by atoms with Gasteiger partial charge in [-0.1, -0.05) is 6.07 Å². The van der Waals surface area contributed by atoms with Crippen LogP contribution in [0, 0.1) is 0 Å². The van der Waals surface area contributed by atoms with E-state index in [4.69, 9.17) is 14.2 Å². The van der Waals surface area contributed by atoms with Gasteiger partial charge in [0.05, 0.1) is 33.1 Å². The third-order valence-corrected chi connectivity index (χ3v) is 7.30. The van der Waals surface area contributed by atoms with Crippen LogP contribution in [-0.4, -0.2) is 45.6 Å². The number of nitrogens with one attached hydrogen (secondary N) is 4. The minimum absolute atomic E-state index is 0.169. The number of aryl methyl sites for hydroxylation is 1. The molecule has 1 atom stereocenters. The Labute approximate surface area is 256 Å². The van der Waals surface area contributed by atoms with Crippen LogP contribution < -0.4 is 40.9 Å². The molecule has 4 rings (SSSR count). The number of anilines is 3. The quantitative estimate of drug-likeness (QED) is 0.232. The van der Waals surface area contributed by atoms with Gasteiger partial charge in [-0.15, -0.1) is 0 Å². The van der Waals surface area contributed by atoms with Gasteiger partial charge in [0.15, 0.2) is 11.5 Å². The van der Waals surface area contributed by atoms with Gasteiger partial charge in [0, 0.05) is 43.8 Å². The van der Waals surface area contributed by atoms with Crippen molar-refractivity contribution in [2.24, 2.45) is 0 Å². The fourth-order valence-electron chi connectivity index (χ4n) is 5.39. The van der Waals surface area contributed by atoms with Gasteiger partial charge in [0.25, 0.3) is 0 Å². The van der Waals surface area contributed by atoms with Crippen LogP contribution in [0.1, 0.15) is 50.3 Å². The van der Waals surface area contributed by atoms with Crippen molar-refractivity contribution in [2.45, 2.75) is 45.6 Å². The van der Waals surface area contributed by atoms with Crippen molar-refractivity contribution in [1.29, 1.82) is 0 Å². The molecule has 44 heavy (non-hydrogen) atoms. The Morgan fingerprint density at radius 3 is 2.14 bits per heavy atom. The van der Waals surface area contributed by atoms with Crippen molar-refractivity contribution in [3.63, 3.8) is 0 Å². The summed E-state index contributed by atoms with van der Waals surface area (Å²) in [6.07, 6.45) is 1.89. The summed E-state index contributed by atoms with van der Waals surface area (Å²) in [7, 11) is 4.66. The highest BCUT2D eigenvalue weighted by molar-refractivity contribution is 5.92. The maximum absolute atomic E-state index is 13.4. The molecule has 11 nitrogen and oxygen atoms in total. The van der Waals surface area contributed by atoms with E-state index in [2.05, 4.69) is 21.3 Å². The van der Waals surface area contributed by atoms with Gasteiger partial charge in [-0.25, -0.2) is 0 Å². The van der Waals surface area contributed by atoms with Gasteiger partial charge in [0.1, 0.15) is 0 Å². The SMILES string of the molecule is COc1cc2c(c(OC)c1OC)-c1ccc(NCCCC(=O)Nc3ccc(NC(C)=O)cc3)c(=O)cc1[C@H](NC(C)=O)CC2. The van der Waals surface area contributed by atoms with Crippen LogP contribution in [-0.2, 0) is 20.8 Å². The molecule has 11 heteroatoms. The van der Waals surface area contributed by atoms with E-state index in [-0.39, 0.29) is 29.6 Å². The van der Waals surface area contributed by atoms with Gasteiger partial charge in [-0.05, 0) is 78.4 Å². The van der Waals surface area contributed by atoms with Gasteiger partial charge in [-0.3, -0.25) is 19.2 Å². The van der Waals surface area contributed by atoms with E-state index in [9.17, 15) is 19.2 Å². The van der Waals surface area contributed by atoms with Crippen LogP contribution in [0.15, 0.2) is 53.3 Å². The average molecular weight is 603 g/mol. The summed E-state index contributed by atoms with van der Waals surface area (Å²) >= 11 is 0. The normalized spacial score (nSPS) is 13.3. The van der Waals surface area contributed by atoms with E-state index in [1.165, 1.54) is 21.0 Å². The van der Waals surface area contributed by atoms with E-state index < -0.39 is 6.04 Å². The number of carbonyl (C=O) groups is 3. The number of ether oxygens (including phenoxy) is 3. The topological polar surface area (TPSA) is 144 Å². The molecule has 0 saturated carbocycles. The Morgan fingerprint density at radius 1 is 0.841 bits per heavy atom. The fourth-order valence-corrected chi connectivity index (χ4v) is 5.39. The Morgan fingerprint density at radius 2 is 1.52 bits per heavy atom. The van der Waals surface area contributed by atoms with Crippen molar-refractivity contribution >= 4 is 34.8 Å². The molecule has 3 amide bonds. The average Bonchev–Trinajstić information content (AvgIpc) is 3.23. The van der Waals surface area contributed by atoms with Crippen LogP contribution in [0.3, 0.4) is 0 Å². The maximum Gasteiger partial charge on any atom is 0.224 e. The Bertz CT molecular complexity index is 1610. The lowest BCUT2D eigenvalue weighted by Crippen LogP contribution is -2.26. The second kappa shape index (κ2) is 14.4. The van der Waals surface area contributed by atoms with Gasteiger partial charge < -0.3 is 35.5 Å². The Kier molecular flexibility index (Phi) is 10.4. The lowest BCUT2D eigenvalue weighted by atomic mass is 9.95. The summed E-state index contributed by atoms with van der Waals surface area (Å²) in [4.78, 5) is 49.2. The molecule has 0 spiro atoms.